The molecule has 1 unspecified atom stereocenters. The molecule has 1 atom stereocenters. The average molecular weight is 298 g/mol. The Morgan fingerprint density at radius 1 is 1.47 bits per heavy atom. The second kappa shape index (κ2) is 6.98. The molecule has 0 aliphatic heterocycles. The fourth-order valence-corrected chi connectivity index (χ4v) is 2.70. The Morgan fingerprint density at radius 2 is 2.32 bits per heavy atom. The van der Waals surface area contributed by atoms with Gasteiger partial charge in [0.05, 0.1) is 5.69 Å². The smallest absolute Gasteiger partial charge is 0.226 e. The van der Waals surface area contributed by atoms with Gasteiger partial charge in [0.1, 0.15) is 6.26 Å². The van der Waals surface area contributed by atoms with Gasteiger partial charge in [-0.25, -0.2) is 4.98 Å². The van der Waals surface area contributed by atoms with Crippen molar-refractivity contribution in [3.05, 3.63) is 41.2 Å². The number of halogens is 1. The molecule has 0 saturated carbocycles. The molecule has 3 nitrogen and oxygen atoms in total. The number of rotatable bonds is 6. The molecule has 1 aromatic heterocycles. The molecule has 2 rings (SSSR count). The SMILES string of the molecule is CC(CO)CSCc1coc(-c2cccc(Cl)c2)n1. The van der Waals surface area contributed by atoms with E-state index >= 15 is 0 Å². The summed E-state index contributed by atoms with van der Waals surface area (Å²) in [5.74, 6) is 2.60. The zero-order valence-corrected chi connectivity index (χ0v) is 12.2. The molecule has 0 fully saturated rings. The second-order valence-corrected chi connectivity index (χ2v) is 5.92. The van der Waals surface area contributed by atoms with Crippen molar-refractivity contribution < 1.29 is 9.52 Å². The van der Waals surface area contributed by atoms with Gasteiger partial charge in [-0.2, -0.15) is 11.8 Å². The Hall–Kier alpha value is -0.970. The van der Waals surface area contributed by atoms with Crippen molar-refractivity contribution in [2.75, 3.05) is 12.4 Å². The predicted octanol–water partition coefficient (Wildman–Crippen LogP) is 3.86. The van der Waals surface area contributed by atoms with E-state index in [0.717, 1.165) is 22.8 Å². The maximum absolute atomic E-state index is 8.95. The first kappa shape index (κ1) is 14.4. The zero-order valence-electron chi connectivity index (χ0n) is 10.7. The van der Waals surface area contributed by atoms with Gasteiger partial charge in [0.25, 0.3) is 0 Å². The first-order chi connectivity index (χ1) is 9.19. The fourth-order valence-electron chi connectivity index (χ4n) is 1.54. The van der Waals surface area contributed by atoms with Gasteiger partial charge < -0.3 is 9.52 Å². The van der Waals surface area contributed by atoms with Crippen molar-refractivity contribution in [3.8, 4) is 11.5 Å². The van der Waals surface area contributed by atoms with Crippen molar-refractivity contribution >= 4 is 23.4 Å². The van der Waals surface area contributed by atoms with Crippen LogP contribution in [0.2, 0.25) is 5.02 Å². The highest BCUT2D eigenvalue weighted by atomic mass is 35.5. The maximum Gasteiger partial charge on any atom is 0.226 e. The molecule has 0 saturated heterocycles. The number of hydrogen-bond acceptors (Lipinski definition) is 4. The Kier molecular flexibility index (Phi) is 5.31. The van der Waals surface area contributed by atoms with Gasteiger partial charge >= 0.3 is 0 Å². The molecule has 1 heterocycles. The van der Waals surface area contributed by atoms with E-state index in [9.17, 15) is 0 Å². The standard InChI is InChI=1S/C14H16ClNO2S/c1-10(6-17)8-19-9-13-7-18-14(16-13)11-3-2-4-12(15)5-11/h2-5,7,10,17H,6,8-9H2,1H3. The number of aliphatic hydroxyl groups is 1. The van der Waals surface area contributed by atoms with E-state index < -0.39 is 0 Å². The maximum atomic E-state index is 8.95. The van der Waals surface area contributed by atoms with Crippen molar-refractivity contribution in [1.82, 2.24) is 4.98 Å². The van der Waals surface area contributed by atoms with Crippen LogP contribution in [0.25, 0.3) is 11.5 Å². The van der Waals surface area contributed by atoms with Crippen LogP contribution in [0.4, 0.5) is 0 Å². The van der Waals surface area contributed by atoms with Gasteiger partial charge in [-0.15, -0.1) is 0 Å². The van der Waals surface area contributed by atoms with Crippen LogP contribution in [-0.2, 0) is 5.75 Å². The van der Waals surface area contributed by atoms with E-state index in [1.165, 1.54) is 0 Å². The number of benzene rings is 1. The van der Waals surface area contributed by atoms with Crippen LogP contribution in [0.5, 0.6) is 0 Å². The number of hydrogen-bond donors (Lipinski definition) is 1. The van der Waals surface area contributed by atoms with E-state index in [2.05, 4.69) is 4.98 Å². The van der Waals surface area contributed by atoms with E-state index in [1.807, 2.05) is 31.2 Å². The minimum atomic E-state index is 0.222. The average Bonchev–Trinajstić information content (AvgIpc) is 2.87. The van der Waals surface area contributed by atoms with Crippen LogP contribution < -0.4 is 0 Å². The summed E-state index contributed by atoms with van der Waals surface area (Å²) >= 11 is 7.68. The third-order valence-corrected chi connectivity index (χ3v) is 4.13. The highest BCUT2D eigenvalue weighted by Gasteiger charge is 2.08. The molecule has 5 heteroatoms. The van der Waals surface area contributed by atoms with Gasteiger partial charge in [-0.1, -0.05) is 24.6 Å². The van der Waals surface area contributed by atoms with Crippen LogP contribution in [0.1, 0.15) is 12.6 Å². The van der Waals surface area contributed by atoms with E-state index in [-0.39, 0.29) is 6.61 Å². The topological polar surface area (TPSA) is 46.3 Å². The molecule has 0 aliphatic rings. The highest BCUT2D eigenvalue weighted by molar-refractivity contribution is 7.98. The summed E-state index contributed by atoms with van der Waals surface area (Å²) in [5.41, 5.74) is 1.79. The summed E-state index contributed by atoms with van der Waals surface area (Å²) in [6, 6.07) is 7.45. The first-order valence-electron chi connectivity index (χ1n) is 6.08. The molecule has 19 heavy (non-hydrogen) atoms. The highest BCUT2D eigenvalue weighted by Crippen LogP contribution is 2.23. The van der Waals surface area contributed by atoms with Gasteiger partial charge in [0, 0.05) is 22.9 Å². The summed E-state index contributed by atoms with van der Waals surface area (Å²) in [6.07, 6.45) is 1.67. The van der Waals surface area contributed by atoms with Crippen molar-refractivity contribution in [2.45, 2.75) is 12.7 Å². The Bertz CT molecular complexity index is 530. The predicted molar refractivity (Wildman–Crippen MR) is 79.4 cm³/mol. The molecule has 0 aliphatic carbocycles. The molecular weight excluding hydrogens is 282 g/mol. The zero-order chi connectivity index (χ0) is 13.7. The summed E-state index contributed by atoms with van der Waals surface area (Å²) in [6.45, 7) is 2.24. The van der Waals surface area contributed by atoms with Gasteiger partial charge in [-0.05, 0) is 29.9 Å². The van der Waals surface area contributed by atoms with Gasteiger partial charge in [0.2, 0.25) is 5.89 Å². The molecule has 1 N–H and O–H groups in total. The molecule has 102 valence electrons. The second-order valence-electron chi connectivity index (χ2n) is 4.46. The lowest BCUT2D eigenvalue weighted by Crippen LogP contribution is -2.03. The molecule has 0 bridgehead atoms. The third-order valence-electron chi connectivity index (χ3n) is 2.59. The monoisotopic (exact) mass is 297 g/mol. The Balaban J connectivity index is 1.95. The van der Waals surface area contributed by atoms with Gasteiger partial charge in [-0.3, -0.25) is 0 Å². The van der Waals surface area contributed by atoms with Crippen molar-refractivity contribution in [2.24, 2.45) is 5.92 Å². The molecule has 2 aromatic rings. The fraction of sp³-hybridized carbons (Fsp3) is 0.357. The molecule has 0 amide bonds. The first-order valence-corrected chi connectivity index (χ1v) is 7.61. The number of aromatic nitrogens is 1. The van der Waals surface area contributed by atoms with Crippen LogP contribution in [0, 0.1) is 5.92 Å². The summed E-state index contributed by atoms with van der Waals surface area (Å²) in [7, 11) is 0. The lowest BCUT2D eigenvalue weighted by Gasteiger charge is -2.04. The largest absolute Gasteiger partial charge is 0.444 e. The summed E-state index contributed by atoms with van der Waals surface area (Å²) < 4.78 is 5.46. The summed E-state index contributed by atoms with van der Waals surface area (Å²) in [4.78, 5) is 4.44. The van der Waals surface area contributed by atoms with Crippen LogP contribution in [0.15, 0.2) is 34.9 Å². The lowest BCUT2D eigenvalue weighted by atomic mass is 10.2. The van der Waals surface area contributed by atoms with Crippen LogP contribution >= 0.6 is 23.4 Å². The number of oxazole rings is 1. The quantitative estimate of drug-likeness (QED) is 0.879. The molecular formula is C14H16ClNO2S. The van der Waals surface area contributed by atoms with Crippen LogP contribution in [-0.4, -0.2) is 22.5 Å². The van der Waals surface area contributed by atoms with E-state index in [1.54, 1.807) is 18.0 Å². The molecule has 0 radical (unpaired) electrons. The van der Waals surface area contributed by atoms with Gasteiger partial charge in [0.15, 0.2) is 0 Å². The van der Waals surface area contributed by atoms with E-state index in [4.69, 9.17) is 21.1 Å². The minimum absolute atomic E-state index is 0.222. The number of thioether (sulfide) groups is 1. The molecule has 1 aromatic carbocycles. The normalized spacial score (nSPS) is 12.6. The minimum Gasteiger partial charge on any atom is -0.444 e. The number of nitrogens with zero attached hydrogens (tertiary/aromatic N) is 1. The van der Waals surface area contributed by atoms with Crippen molar-refractivity contribution in [1.29, 1.82) is 0 Å². The number of aliphatic hydroxyl groups excluding tert-OH is 1. The summed E-state index contributed by atoms with van der Waals surface area (Å²) in [5, 5.41) is 9.62. The third kappa shape index (κ3) is 4.27. The van der Waals surface area contributed by atoms with Crippen LogP contribution in [0.3, 0.4) is 0 Å². The van der Waals surface area contributed by atoms with Crippen molar-refractivity contribution in [3.63, 3.8) is 0 Å². The Labute approximate surface area is 122 Å². The molecule has 0 spiro atoms. The Morgan fingerprint density at radius 3 is 3.05 bits per heavy atom. The van der Waals surface area contributed by atoms with E-state index in [0.29, 0.717) is 16.8 Å². The lowest BCUT2D eigenvalue weighted by molar-refractivity contribution is 0.250.